The molecule has 0 aliphatic heterocycles. The summed E-state index contributed by atoms with van der Waals surface area (Å²) >= 11 is 11.1. The molecule has 0 saturated carbocycles. The van der Waals surface area contributed by atoms with E-state index in [-0.39, 0.29) is 11.7 Å². The minimum Gasteiger partial charge on any atom is -0.207 e. The van der Waals surface area contributed by atoms with E-state index in [0.29, 0.717) is 11.4 Å². The second-order valence-electron chi connectivity index (χ2n) is 3.78. The lowest BCUT2D eigenvalue weighted by Gasteiger charge is -2.13. The molecule has 17 heavy (non-hydrogen) atoms. The smallest absolute Gasteiger partial charge is 0.126 e. The van der Waals surface area contributed by atoms with Crippen LogP contribution < -0.4 is 0 Å². The van der Waals surface area contributed by atoms with Crippen LogP contribution in [0.3, 0.4) is 0 Å². The van der Waals surface area contributed by atoms with Crippen LogP contribution in [0.5, 0.6) is 0 Å². The maximum atomic E-state index is 13.7. The van der Waals surface area contributed by atoms with Crippen LogP contribution in [-0.2, 0) is 6.42 Å². The summed E-state index contributed by atoms with van der Waals surface area (Å²) in [5.74, 6) is 0.286. The summed E-state index contributed by atoms with van der Waals surface area (Å²) < 4.78 is 14.8. The summed E-state index contributed by atoms with van der Waals surface area (Å²) in [7, 11) is 0. The minimum absolute atomic E-state index is 0.0309. The van der Waals surface area contributed by atoms with Crippen molar-refractivity contribution in [2.75, 3.05) is 5.88 Å². The van der Waals surface area contributed by atoms with Gasteiger partial charge in [-0.3, -0.25) is 0 Å². The SMILES string of the molecule is Fc1ccccc1C(CCl)Cc1ccc(Br)s1. The Morgan fingerprint density at radius 2 is 2.00 bits per heavy atom. The highest BCUT2D eigenvalue weighted by Gasteiger charge is 2.15. The largest absolute Gasteiger partial charge is 0.207 e. The zero-order chi connectivity index (χ0) is 12.3. The lowest BCUT2D eigenvalue weighted by molar-refractivity contribution is 0.590. The van der Waals surface area contributed by atoms with Crippen molar-refractivity contribution in [3.8, 4) is 0 Å². The number of hydrogen-bond donors (Lipinski definition) is 0. The van der Waals surface area contributed by atoms with Gasteiger partial charge in [0.25, 0.3) is 0 Å². The molecule has 0 N–H and O–H groups in total. The molecule has 0 spiro atoms. The van der Waals surface area contributed by atoms with Gasteiger partial charge in [0.15, 0.2) is 0 Å². The standard InChI is InChI=1S/C13H11BrClFS/c14-13-6-5-10(17-13)7-9(8-15)11-3-1-2-4-12(11)16/h1-6,9H,7-8H2. The quantitative estimate of drug-likeness (QED) is 0.673. The molecule has 0 amide bonds. The average Bonchev–Trinajstić information content (AvgIpc) is 2.73. The first-order valence-electron chi connectivity index (χ1n) is 5.25. The molecule has 0 saturated heterocycles. The number of rotatable bonds is 4. The van der Waals surface area contributed by atoms with Gasteiger partial charge in [-0.2, -0.15) is 0 Å². The molecule has 1 unspecified atom stereocenters. The van der Waals surface area contributed by atoms with E-state index in [0.717, 1.165) is 10.2 Å². The molecule has 0 radical (unpaired) electrons. The van der Waals surface area contributed by atoms with Crippen LogP contribution in [0.1, 0.15) is 16.4 Å². The van der Waals surface area contributed by atoms with Gasteiger partial charge in [-0.15, -0.1) is 22.9 Å². The molecule has 0 nitrogen and oxygen atoms in total. The van der Waals surface area contributed by atoms with Gasteiger partial charge in [-0.05, 0) is 46.1 Å². The molecule has 1 aromatic carbocycles. The Hall–Kier alpha value is -0.380. The van der Waals surface area contributed by atoms with Crippen LogP contribution in [0.15, 0.2) is 40.2 Å². The Kier molecular flexibility index (Phi) is 4.60. The predicted octanol–water partition coefficient (Wildman–Crippen LogP) is 5.21. The van der Waals surface area contributed by atoms with E-state index in [2.05, 4.69) is 22.0 Å². The van der Waals surface area contributed by atoms with E-state index >= 15 is 0 Å². The van der Waals surface area contributed by atoms with Crippen molar-refractivity contribution in [3.63, 3.8) is 0 Å². The maximum Gasteiger partial charge on any atom is 0.126 e. The van der Waals surface area contributed by atoms with Crippen LogP contribution in [0.4, 0.5) is 4.39 Å². The van der Waals surface area contributed by atoms with Crippen molar-refractivity contribution in [2.24, 2.45) is 0 Å². The number of thiophene rings is 1. The van der Waals surface area contributed by atoms with Crippen molar-refractivity contribution in [1.82, 2.24) is 0 Å². The molecular weight excluding hydrogens is 323 g/mol. The van der Waals surface area contributed by atoms with Crippen molar-refractivity contribution in [1.29, 1.82) is 0 Å². The fourth-order valence-electron chi connectivity index (χ4n) is 1.76. The van der Waals surface area contributed by atoms with E-state index in [1.807, 2.05) is 18.2 Å². The van der Waals surface area contributed by atoms with Crippen LogP contribution in [0.2, 0.25) is 0 Å². The molecular formula is C13H11BrClFS. The summed E-state index contributed by atoms with van der Waals surface area (Å²) in [5, 5.41) is 0. The molecule has 1 aromatic heterocycles. The molecule has 0 aliphatic carbocycles. The second kappa shape index (κ2) is 5.98. The van der Waals surface area contributed by atoms with E-state index < -0.39 is 0 Å². The molecule has 90 valence electrons. The van der Waals surface area contributed by atoms with Gasteiger partial charge in [0.2, 0.25) is 0 Å². The highest BCUT2D eigenvalue weighted by Crippen LogP contribution is 2.29. The minimum atomic E-state index is -0.172. The normalized spacial score (nSPS) is 12.6. The van der Waals surface area contributed by atoms with Crippen LogP contribution in [0, 0.1) is 5.82 Å². The molecule has 0 aliphatic rings. The summed E-state index contributed by atoms with van der Waals surface area (Å²) in [5.41, 5.74) is 0.701. The molecule has 0 fully saturated rings. The first-order chi connectivity index (χ1) is 8.20. The second-order valence-corrected chi connectivity index (χ2v) is 6.64. The van der Waals surface area contributed by atoms with Crippen molar-refractivity contribution in [2.45, 2.75) is 12.3 Å². The van der Waals surface area contributed by atoms with Crippen LogP contribution >= 0.6 is 38.9 Å². The number of hydrogen-bond acceptors (Lipinski definition) is 1. The van der Waals surface area contributed by atoms with Gasteiger partial charge >= 0.3 is 0 Å². The maximum absolute atomic E-state index is 13.7. The van der Waals surface area contributed by atoms with Crippen molar-refractivity contribution in [3.05, 3.63) is 56.4 Å². The fourth-order valence-corrected chi connectivity index (χ4v) is 3.60. The van der Waals surface area contributed by atoms with Gasteiger partial charge in [0.05, 0.1) is 3.79 Å². The van der Waals surface area contributed by atoms with Gasteiger partial charge in [0.1, 0.15) is 5.82 Å². The first kappa shape index (κ1) is 13.1. The van der Waals surface area contributed by atoms with E-state index in [1.165, 1.54) is 10.9 Å². The molecule has 2 rings (SSSR count). The molecule has 2 aromatic rings. The topological polar surface area (TPSA) is 0 Å². The zero-order valence-corrected chi connectivity index (χ0v) is 12.2. The Morgan fingerprint density at radius 3 is 2.59 bits per heavy atom. The highest BCUT2D eigenvalue weighted by molar-refractivity contribution is 9.11. The zero-order valence-electron chi connectivity index (χ0n) is 9.00. The Bertz CT molecular complexity index is 498. The number of alkyl halides is 1. The third kappa shape index (κ3) is 3.30. The van der Waals surface area contributed by atoms with Gasteiger partial charge in [-0.25, -0.2) is 4.39 Å². The van der Waals surface area contributed by atoms with E-state index in [4.69, 9.17) is 11.6 Å². The van der Waals surface area contributed by atoms with Gasteiger partial charge in [0, 0.05) is 16.7 Å². The van der Waals surface area contributed by atoms with E-state index in [1.54, 1.807) is 17.4 Å². The lowest BCUT2D eigenvalue weighted by Crippen LogP contribution is -2.06. The van der Waals surface area contributed by atoms with Gasteiger partial charge in [-0.1, -0.05) is 18.2 Å². The first-order valence-corrected chi connectivity index (χ1v) is 7.39. The van der Waals surface area contributed by atoms with Crippen molar-refractivity contribution >= 4 is 38.9 Å². The third-order valence-electron chi connectivity index (χ3n) is 2.61. The van der Waals surface area contributed by atoms with Crippen molar-refractivity contribution < 1.29 is 4.39 Å². The molecule has 1 heterocycles. The van der Waals surface area contributed by atoms with E-state index in [9.17, 15) is 4.39 Å². The highest BCUT2D eigenvalue weighted by atomic mass is 79.9. The lowest BCUT2D eigenvalue weighted by atomic mass is 9.96. The summed E-state index contributed by atoms with van der Waals surface area (Å²) in [6.45, 7) is 0. The molecule has 1 atom stereocenters. The van der Waals surface area contributed by atoms with Crippen LogP contribution in [0.25, 0.3) is 0 Å². The summed E-state index contributed by atoms with van der Waals surface area (Å²) in [6, 6.07) is 10.9. The summed E-state index contributed by atoms with van der Waals surface area (Å²) in [6.07, 6.45) is 0.778. The summed E-state index contributed by atoms with van der Waals surface area (Å²) in [4.78, 5) is 1.21. The van der Waals surface area contributed by atoms with Crippen LogP contribution in [-0.4, -0.2) is 5.88 Å². The fraction of sp³-hybridized carbons (Fsp3) is 0.231. The molecule has 0 bridgehead atoms. The third-order valence-corrected chi connectivity index (χ3v) is 4.63. The predicted molar refractivity (Wildman–Crippen MR) is 75.6 cm³/mol. The average molecular weight is 334 g/mol. The Balaban J connectivity index is 2.20. The van der Waals surface area contributed by atoms with Gasteiger partial charge < -0.3 is 0 Å². The Labute approximate surface area is 118 Å². The number of halogens is 3. The number of benzene rings is 1. The Morgan fingerprint density at radius 1 is 1.24 bits per heavy atom. The molecule has 4 heteroatoms. The monoisotopic (exact) mass is 332 g/mol.